The molecule has 0 saturated carbocycles. The predicted octanol–water partition coefficient (Wildman–Crippen LogP) is 5.58. The lowest BCUT2D eigenvalue weighted by atomic mass is 10.2. The van der Waals surface area contributed by atoms with E-state index in [1.807, 2.05) is 24.3 Å². The van der Waals surface area contributed by atoms with Gasteiger partial charge in [-0.3, -0.25) is 4.79 Å². The van der Waals surface area contributed by atoms with Crippen LogP contribution in [0.2, 0.25) is 10.0 Å². The fraction of sp³-hybridized carbons (Fsp3) is 0.167. The maximum absolute atomic E-state index is 13.0. The number of para-hydroxylation sites is 2. The first-order valence-corrected chi connectivity index (χ1v) is 10.8. The van der Waals surface area contributed by atoms with Crippen molar-refractivity contribution in [3.63, 3.8) is 0 Å². The number of halogens is 2. The number of nitrogens with zero attached hydrogens (tertiary/aromatic N) is 2. The molecule has 170 valence electrons. The topological polar surface area (TPSA) is 74.6 Å². The molecule has 1 aromatic heterocycles. The fourth-order valence-electron chi connectivity index (χ4n) is 3.39. The van der Waals surface area contributed by atoms with E-state index < -0.39 is 0 Å². The molecule has 0 unspecified atom stereocenters. The van der Waals surface area contributed by atoms with Gasteiger partial charge in [-0.25, -0.2) is 4.98 Å². The standard InChI is InChI=1S/C24H21Cl2N3O4/c1-31-16-8-10-22(32-2)19(12-16)28-24(30)13-29-20-6-4-3-5-18(20)27-23(29)14-33-21-9-7-15(25)11-17(21)26/h3-12H,13-14H2,1-2H3,(H,28,30). The van der Waals surface area contributed by atoms with Crippen LogP contribution in [0.1, 0.15) is 5.82 Å². The van der Waals surface area contributed by atoms with Crippen LogP contribution in [0.25, 0.3) is 11.0 Å². The molecule has 0 radical (unpaired) electrons. The highest BCUT2D eigenvalue weighted by atomic mass is 35.5. The van der Waals surface area contributed by atoms with E-state index in [4.69, 9.17) is 37.4 Å². The van der Waals surface area contributed by atoms with E-state index in [0.717, 1.165) is 11.0 Å². The summed E-state index contributed by atoms with van der Waals surface area (Å²) in [6.45, 7) is 0.139. The number of benzene rings is 3. The van der Waals surface area contributed by atoms with Crippen molar-refractivity contribution < 1.29 is 19.0 Å². The van der Waals surface area contributed by atoms with Crippen LogP contribution in [0, 0.1) is 0 Å². The Morgan fingerprint density at radius 2 is 1.79 bits per heavy atom. The van der Waals surface area contributed by atoms with Crippen LogP contribution >= 0.6 is 23.2 Å². The summed E-state index contributed by atoms with van der Waals surface area (Å²) in [5, 5.41) is 3.80. The van der Waals surface area contributed by atoms with Gasteiger partial charge in [-0.15, -0.1) is 0 Å². The number of carbonyl (C=O) groups is 1. The van der Waals surface area contributed by atoms with Crippen LogP contribution in [0.15, 0.2) is 60.7 Å². The molecule has 9 heteroatoms. The Morgan fingerprint density at radius 1 is 1.00 bits per heavy atom. The number of methoxy groups -OCH3 is 2. The van der Waals surface area contributed by atoms with E-state index >= 15 is 0 Å². The molecule has 0 atom stereocenters. The first kappa shape index (κ1) is 22.8. The molecule has 1 N–H and O–H groups in total. The van der Waals surface area contributed by atoms with Gasteiger partial charge in [0.1, 0.15) is 36.2 Å². The summed E-state index contributed by atoms with van der Waals surface area (Å²) >= 11 is 12.2. The van der Waals surface area contributed by atoms with Crippen molar-refractivity contribution >= 4 is 45.8 Å². The summed E-state index contributed by atoms with van der Waals surface area (Å²) in [7, 11) is 3.10. The Balaban J connectivity index is 1.58. The second-order valence-electron chi connectivity index (χ2n) is 7.08. The van der Waals surface area contributed by atoms with Gasteiger partial charge in [0.25, 0.3) is 0 Å². The van der Waals surface area contributed by atoms with Gasteiger partial charge in [0.15, 0.2) is 0 Å². The maximum Gasteiger partial charge on any atom is 0.244 e. The van der Waals surface area contributed by atoms with E-state index in [1.54, 1.807) is 48.1 Å². The summed E-state index contributed by atoms with van der Waals surface area (Å²) in [4.78, 5) is 17.6. The molecule has 33 heavy (non-hydrogen) atoms. The third kappa shape index (κ3) is 5.16. The Kier molecular flexibility index (Phi) is 6.91. The number of rotatable bonds is 8. The third-order valence-corrected chi connectivity index (χ3v) is 5.50. The smallest absolute Gasteiger partial charge is 0.244 e. The minimum atomic E-state index is -0.254. The molecule has 0 aliphatic rings. The average Bonchev–Trinajstić information content (AvgIpc) is 3.15. The predicted molar refractivity (Wildman–Crippen MR) is 129 cm³/mol. The minimum absolute atomic E-state index is 0.0217. The number of hydrogen-bond donors (Lipinski definition) is 1. The van der Waals surface area contributed by atoms with Gasteiger partial charge in [0.2, 0.25) is 5.91 Å². The van der Waals surface area contributed by atoms with E-state index in [2.05, 4.69) is 10.3 Å². The Labute approximate surface area is 200 Å². The number of carbonyl (C=O) groups excluding carboxylic acids is 1. The van der Waals surface area contributed by atoms with E-state index in [1.165, 1.54) is 7.11 Å². The van der Waals surface area contributed by atoms with Gasteiger partial charge in [0.05, 0.1) is 36.0 Å². The molecule has 4 aromatic rings. The van der Waals surface area contributed by atoms with Crippen LogP contribution in [-0.4, -0.2) is 29.7 Å². The van der Waals surface area contributed by atoms with Gasteiger partial charge in [-0.2, -0.15) is 0 Å². The SMILES string of the molecule is COc1ccc(OC)c(NC(=O)Cn2c(COc3ccc(Cl)cc3Cl)nc3ccccc32)c1. The summed E-state index contributed by atoms with van der Waals surface area (Å²) < 4.78 is 18.3. The Hall–Kier alpha value is -3.42. The number of amides is 1. The van der Waals surface area contributed by atoms with Crippen molar-refractivity contribution in [1.29, 1.82) is 0 Å². The largest absolute Gasteiger partial charge is 0.497 e. The Bertz CT molecular complexity index is 1310. The van der Waals surface area contributed by atoms with Crippen LogP contribution in [0.5, 0.6) is 17.2 Å². The van der Waals surface area contributed by atoms with Crippen LogP contribution in [-0.2, 0) is 17.9 Å². The molecule has 0 spiro atoms. The number of hydrogen-bond acceptors (Lipinski definition) is 5. The van der Waals surface area contributed by atoms with Gasteiger partial charge in [-0.1, -0.05) is 35.3 Å². The second-order valence-corrected chi connectivity index (χ2v) is 7.92. The number of ether oxygens (including phenoxy) is 3. The molecule has 0 aliphatic heterocycles. The molecule has 4 rings (SSSR count). The third-order valence-electron chi connectivity index (χ3n) is 4.97. The summed E-state index contributed by atoms with van der Waals surface area (Å²) in [6, 6.07) is 17.8. The molecular weight excluding hydrogens is 465 g/mol. The highest BCUT2D eigenvalue weighted by Crippen LogP contribution is 2.30. The molecular formula is C24H21Cl2N3O4. The van der Waals surface area contributed by atoms with Crippen molar-refractivity contribution in [2.75, 3.05) is 19.5 Å². The second kappa shape index (κ2) is 10.0. The zero-order valence-electron chi connectivity index (χ0n) is 18.0. The lowest BCUT2D eigenvalue weighted by Gasteiger charge is -2.14. The molecule has 0 saturated heterocycles. The van der Waals surface area contributed by atoms with Crippen molar-refractivity contribution in [3.8, 4) is 17.2 Å². The average molecular weight is 486 g/mol. The van der Waals surface area contributed by atoms with Crippen molar-refractivity contribution in [1.82, 2.24) is 9.55 Å². The van der Waals surface area contributed by atoms with Gasteiger partial charge in [0, 0.05) is 11.1 Å². The van der Waals surface area contributed by atoms with E-state index in [0.29, 0.717) is 38.8 Å². The van der Waals surface area contributed by atoms with Crippen molar-refractivity contribution in [2.45, 2.75) is 13.2 Å². The maximum atomic E-state index is 13.0. The fourth-order valence-corrected chi connectivity index (χ4v) is 3.85. The summed E-state index contributed by atoms with van der Waals surface area (Å²) in [5.74, 6) is 1.93. The summed E-state index contributed by atoms with van der Waals surface area (Å²) in [6.07, 6.45) is 0. The first-order valence-electron chi connectivity index (χ1n) is 10.0. The number of nitrogens with one attached hydrogen (secondary N) is 1. The van der Waals surface area contributed by atoms with Crippen LogP contribution < -0.4 is 19.5 Å². The number of aromatic nitrogens is 2. The normalized spacial score (nSPS) is 10.8. The molecule has 1 heterocycles. The molecule has 7 nitrogen and oxygen atoms in total. The number of anilines is 1. The molecule has 1 amide bonds. The molecule has 0 bridgehead atoms. The van der Waals surface area contributed by atoms with Crippen LogP contribution in [0.3, 0.4) is 0 Å². The quantitative estimate of drug-likeness (QED) is 0.352. The van der Waals surface area contributed by atoms with Gasteiger partial charge < -0.3 is 24.1 Å². The monoisotopic (exact) mass is 485 g/mol. The van der Waals surface area contributed by atoms with Crippen LogP contribution in [0.4, 0.5) is 5.69 Å². The highest BCUT2D eigenvalue weighted by Gasteiger charge is 2.16. The number of imidazole rings is 1. The molecule has 0 aliphatic carbocycles. The van der Waals surface area contributed by atoms with Gasteiger partial charge >= 0.3 is 0 Å². The zero-order chi connectivity index (χ0) is 23.4. The lowest BCUT2D eigenvalue weighted by molar-refractivity contribution is -0.116. The molecule has 3 aromatic carbocycles. The minimum Gasteiger partial charge on any atom is -0.497 e. The lowest BCUT2D eigenvalue weighted by Crippen LogP contribution is -2.21. The number of fused-ring (bicyclic) bond motifs is 1. The van der Waals surface area contributed by atoms with E-state index in [-0.39, 0.29) is 19.1 Å². The van der Waals surface area contributed by atoms with Crippen molar-refractivity contribution in [2.24, 2.45) is 0 Å². The van der Waals surface area contributed by atoms with E-state index in [9.17, 15) is 4.79 Å². The summed E-state index contributed by atoms with van der Waals surface area (Å²) in [5.41, 5.74) is 2.08. The van der Waals surface area contributed by atoms with Crippen molar-refractivity contribution in [3.05, 3.63) is 76.5 Å². The Morgan fingerprint density at radius 3 is 2.55 bits per heavy atom. The van der Waals surface area contributed by atoms with Gasteiger partial charge in [-0.05, 0) is 42.5 Å². The first-order chi connectivity index (χ1) is 16.0. The molecule has 0 fully saturated rings. The highest BCUT2D eigenvalue weighted by molar-refractivity contribution is 6.35. The zero-order valence-corrected chi connectivity index (χ0v) is 19.5.